The number of hydrogen-bond donors (Lipinski definition) is 2. The summed E-state index contributed by atoms with van der Waals surface area (Å²) in [5.74, 6) is 1.01. The van der Waals surface area contributed by atoms with E-state index in [4.69, 9.17) is 4.99 Å². The van der Waals surface area contributed by atoms with Crippen molar-refractivity contribution in [2.45, 2.75) is 65.8 Å². The van der Waals surface area contributed by atoms with Crippen LogP contribution >= 0.6 is 24.0 Å². The van der Waals surface area contributed by atoms with Gasteiger partial charge in [0.25, 0.3) is 0 Å². The molecule has 2 rings (SSSR count). The van der Waals surface area contributed by atoms with E-state index < -0.39 is 10.0 Å². The fourth-order valence-electron chi connectivity index (χ4n) is 3.76. The second kappa shape index (κ2) is 13.6. The van der Waals surface area contributed by atoms with Gasteiger partial charge in [0.15, 0.2) is 5.96 Å². The monoisotopic (exact) mass is 564 g/mol. The van der Waals surface area contributed by atoms with Crippen molar-refractivity contribution in [3.8, 4) is 0 Å². The molecular formula is C23H41IN4O2S. The summed E-state index contributed by atoms with van der Waals surface area (Å²) in [6.45, 7) is 11.1. The van der Waals surface area contributed by atoms with Crippen molar-refractivity contribution in [2.24, 2.45) is 10.4 Å². The summed E-state index contributed by atoms with van der Waals surface area (Å²) < 4.78 is 25.7. The van der Waals surface area contributed by atoms with Crippen LogP contribution in [0.25, 0.3) is 0 Å². The molecule has 1 aliphatic rings. The van der Waals surface area contributed by atoms with Crippen LogP contribution in [0.4, 0.5) is 0 Å². The van der Waals surface area contributed by atoms with E-state index in [1.165, 1.54) is 5.56 Å². The van der Waals surface area contributed by atoms with E-state index in [9.17, 15) is 8.42 Å². The molecule has 1 saturated heterocycles. The molecule has 1 aromatic carbocycles. The number of benzene rings is 1. The Balaban J connectivity index is 0.00000480. The van der Waals surface area contributed by atoms with E-state index in [0.29, 0.717) is 13.1 Å². The summed E-state index contributed by atoms with van der Waals surface area (Å²) in [6, 6.07) is 10.9. The first-order valence-corrected chi connectivity index (χ1v) is 12.9. The molecule has 1 aliphatic heterocycles. The van der Waals surface area contributed by atoms with Crippen molar-refractivity contribution in [2.75, 3.05) is 31.9 Å². The highest BCUT2D eigenvalue weighted by molar-refractivity contribution is 14.0. The third kappa shape index (κ3) is 10.1. The first kappa shape index (κ1) is 28.2. The molecule has 178 valence electrons. The number of guanidine groups is 1. The van der Waals surface area contributed by atoms with Crippen molar-refractivity contribution >= 4 is 40.0 Å². The SMILES string of the molecule is CCNC(=NCC(C)(C)CCCc1ccccc1)NC1CCN(S(=O)(=O)CC)CC1.I. The number of nitrogens with zero attached hydrogens (tertiary/aromatic N) is 2. The maximum absolute atomic E-state index is 12.0. The van der Waals surface area contributed by atoms with Crippen LogP contribution in [0.3, 0.4) is 0 Å². The summed E-state index contributed by atoms with van der Waals surface area (Å²) in [4.78, 5) is 4.85. The molecule has 0 spiro atoms. The number of aryl methyl sites for hydroxylation is 1. The molecule has 8 heteroatoms. The summed E-state index contributed by atoms with van der Waals surface area (Å²) >= 11 is 0. The number of piperidine rings is 1. The van der Waals surface area contributed by atoms with Gasteiger partial charge in [-0.25, -0.2) is 12.7 Å². The Labute approximate surface area is 206 Å². The van der Waals surface area contributed by atoms with Crippen molar-refractivity contribution in [3.63, 3.8) is 0 Å². The zero-order valence-corrected chi connectivity index (χ0v) is 22.7. The molecule has 0 aliphatic carbocycles. The normalized spacial score (nSPS) is 16.6. The Hall–Kier alpha value is -0.870. The molecule has 0 saturated carbocycles. The second-order valence-corrected chi connectivity index (χ2v) is 11.2. The van der Waals surface area contributed by atoms with Gasteiger partial charge in [0.2, 0.25) is 10.0 Å². The Morgan fingerprint density at radius 3 is 2.39 bits per heavy atom. The van der Waals surface area contributed by atoms with Crippen LogP contribution in [0.2, 0.25) is 0 Å². The topological polar surface area (TPSA) is 73.8 Å². The predicted octanol–water partition coefficient (Wildman–Crippen LogP) is 4.02. The van der Waals surface area contributed by atoms with E-state index in [1.54, 1.807) is 11.2 Å². The number of halogens is 1. The highest BCUT2D eigenvalue weighted by Crippen LogP contribution is 2.24. The molecule has 0 unspecified atom stereocenters. The molecular weight excluding hydrogens is 523 g/mol. The van der Waals surface area contributed by atoms with Crippen molar-refractivity contribution in [3.05, 3.63) is 35.9 Å². The largest absolute Gasteiger partial charge is 0.357 e. The molecule has 1 fully saturated rings. The van der Waals surface area contributed by atoms with E-state index in [1.807, 2.05) is 0 Å². The highest BCUT2D eigenvalue weighted by atomic mass is 127. The highest BCUT2D eigenvalue weighted by Gasteiger charge is 2.27. The smallest absolute Gasteiger partial charge is 0.213 e. The van der Waals surface area contributed by atoms with Crippen molar-refractivity contribution < 1.29 is 8.42 Å². The summed E-state index contributed by atoms with van der Waals surface area (Å²) in [7, 11) is -3.08. The van der Waals surface area contributed by atoms with Crippen LogP contribution in [0.15, 0.2) is 35.3 Å². The molecule has 0 bridgehead atoms. The van der Waals surface area contributed by atoms with Gasteiger partial charge >= 0.3 is 0 Å². The van der Waals surface area contributed by atoms with Gasteiger partial charge < -0.3 is 10.6 Å². The lowest BCUT2D eigenvalue weighted by Crippen LogP contribution is -2.50. The van der Waals surface area contributed by atoms with Gasteiger partial charge in [0.1, 0.15) is 0 Å². The Kier molecular flexibility index (Phi) is 12.4. The quantitative estimate of drug-likeness (QED) is 0.256. The molecule has 0 atom stereocenters. The van der Waals surface area contributed by atoms with Crippen LogP contribution in [0.1, 0.15) is 58.9 Å². The molecule has 2 N–H and O–H groups in total. The Morgan fingerprint density at radius 1 is 1.16 bits per heavy atom. The Morgan fingerprint density at radius 2 is 1.81 bits per heavy atom. The van der Waals surface area contributed by atoms with Crippen molar-refractivity contribution in [1.82, 2.24) is 14.9 Å². The maximum Gasteiger partial charge on any atom is 0.213 e. The van der Waals surface area contributed by atoms with E-state index in [0.717, 1.165) is 51.2 Å². The maximum atomic E-state index is 12.0. The van der Waals surface area contributed by atoms with Crippen molar-refractivity contribution in [1.29, 1.82) is 0 Å². The third-order valence-corrected chi connectivity index (χ3v) is 7.61. The number of sulfonamides is 1. The van der Waals surface area contributed by atoms with Crippen LogP contribution < -0.4 is 10.6 Å². The number of nitrogens with one attached hydrogen (secondary N) is 2. The minimum atomic E-state index is -3.08. The van der Waals surface area contributed by atoms with Gasteiger partial charge in [-0.15, -0.1) is 24.0 Å². The summed E-state index contributed by atoms with van der Waals surface area (Å²) in [6.07, 6.45) is 5.00. The molecule has 1 aromatic rings. The lowest BCUT2D eigenvalue weighted by molar-refractivity contribution is 0.305. The Bertz CT molecular complexity index is 761. The van der Waals surface area contributed by atoms with Gasteiger partial charge in [0.05, 0.1) is 5.75 Å². The zero-order chi connectivity index (χ0) is 22.0. The van der Waals surface area contributed by atoms with Crippen LogP contribution in [-0.2, 0) is 16.4 Å². The van der Waals surface area contributed by atoms with Crippen LogP contribution in [0.5, 0.6) is 0 Å². The average Bonchev–Trinajstić information content (AvgIpc) is 2.73. The van der Waals surface area contributed by atoms with Gasteiger partial charge in [-0.05, 0) is 56.9 Å². The van der Waals surface area contributed by atoms with Gasteiger partial charge in [-0.1, -0.05) is 44.2 Å². The van der Waals surface area contributed by atoms with E-state index in [2.05, 4.69) is 61.7 Å². The zero-order valence-electron chi connectivity index (χ0n) is 19.6. The molecule has 0 amide bonds. The van der Waals surface area contributed by atoms with Gasteiger partial charge in [-0.3, -0.25) is 4.99 Å². The number of aliphatic imine (C=N–C) groups is 1. The molecule has 0 aromatic heterocycles. The minimum Gasteiger partial charge on any atom is -0.357 e. The summed E-state index contributed by atoms with van der Waals surface area (Å²) in [5, 5.41) is 6.86. The first-order valence-electron chi connectivity index (χ1n) is 11.3. The minimum absolute atomic E-state index is 0. The molecule has 1 heterocycles. The molecule has 0 radical (unpaired) electrons. The lowest BCUT2D eigenvalue weighted by Gasteiger charge is -2.32. The lowest BCUT2D eigenvalue weighted by atomic mass is 9.86. The van der Waals surface area contributed by atoms with E-state index in [-0.39, 0.29) is 41.2 Å². The third-order valence-electron chi connectivity index (χ3n) is 5.72. The van der Waals surface area contributed by atoms with E-state index >= 15 is 0 Å². The molecule has 6 nitrogen and oxygen atoms in total. The first-order chi connectivity index (χ1) is 14.3. The van der Waals surface area contributed by atoms with Gasteiger partial charge in [0, 0.05) is 32.2 Å². The second-order valence-electron chi connectivity index (χ2n) is 8.92. The number of rotatable bonds is 10. The fraction of sp³-hybridized carbons (Fsp3) is 0.696. The van der Waals surface area contributed by atoms with Crippen LogP contribution in [0, 0.1) is 5.41 Å². The van der Waals surface area contributed by atoms with Gasteiger partial charge in [-0.2, -0.15) is 0 Å². The standard InChI is InChI=1S/C23H40N4O2S.HI/c1-5-24-22(26-21-14-17-27(18-15-21)30(28,29)6-2)25-19-23(3,4)16-10-13-20-11-8-7-9-12-20;/h7-9,11-12,21H,5-6,10,13-19H2,1-4H3,(H2,24,25,26);1H. The summed E-state index contributed by atoms with van der Waals surface area (Å²) in [5.41, 5.74) is 1.53. The van der Waals surface area contributed by atoms with Crippen LogP contribution in [-0.4, -0.2) is 56.7 Å². The fourth-order valence-corrected chi connectivity index (χ4v) is 4.89. The predicted molar refractivity (Wildman–Crippen MR) is 142 cm³/mol. The average molecular weight is 565 g/mol. The molecule has 31 heavy (non-hydrogen) atoms. The number of hydrogen-bond acceptors (Lipinski definition) is 3.